The van der Waals surface area contributed by atoms with Gasteiger partial charge in [-0.25, -0.2) is 0 Å². The molecule has 2 aromatic rings. The Morgan fingerprint density at radius 1 is 1.44 bits per heavy atom. The van der Waals surface area contributed by atoms with Gasteiger partial charge in [0.15, 0.2) is 0 Å². The maximum atomic E-state index is 5.71. The van der Waals surface area contributed by atoms with Gasteiger partial charge < -0.3 is 0 Å². The lowest BCUT2D eigenvalue weighted by Crippen LogP contribution is -2.42. The molecule has 1 saturated carbocycles. The van der Waals surface area contributed by atoms with Crippen molar-refractivity contribution in [3.8, 4) is 0 Å². The molecule has 1 unspecified atom stereocenters. The second-order valence-corrected chi connectivity index (χ2v) is 5.66. The predicted octanol–water partition coefficient (Wildman–Crippen LogP) is 1.75. The fraction of sp³-hybridized carbons (Fsp3) is 0.500. The van der Waals surface area contributed by atoms with Crippen LogP contribution in [0.4, 0.5) is 0 Å². The molecule has 1 fully saturated rings. The largest absolute Gasteiger partial charge is 0.271 e. The maximum Gasteiger partial charge on any atom is 0.0719 e. The number of rotatable bonds is 4. The summed E-state index contributed by atoms with van der Waals surface area (Å²) in [5.74, 6) is 5.71. The van der Waals surface area contributed by atoms with E-state index < -0.39 is 0 Å². The third-order valence-electron chi connectivity index (χ3n) is 4.31. The highest BCUT2D eigenvalue weighted by Gasteiger charge is 2.44. The molecule has 0 bridgehead atoms. The van der Waals surface area contributed by atoms with Crippen molar-refractivity contribution < 1.29 is 0 Å². The predicted molar refractivity (Wildman–Crippen MR) is 72.9 cm³/mol. The van der Waals surface area contributed by atoms with Gasteiger partial charge in [0.25, 0.3) is 0 Å². The first-order valence-corrected chi connectivity index (χ1v) is 6.51. The molecular weight excluding hydrogens is 224 g/mol. The lowest BCUT2D eigenvalue weighted by atomic mass is 9.94. The first-order valence-electron chi connectivity index (χ1n) is 6.51. The van der Waals surface area contributed by atoms with Crippen LogP contribution in [0.15, 0.2) is 24.3 Å². The molecule has 18 heavy (non-hydrogen) atoms. The molecule has 1 atom stereocenters. The van der Waals surface area contributed by atoms with Crippen LogP contribution in [0.3, 0.4) is 0 Å². The smallest absolute Gasteiger partial charge is 0.0719 e. The van der Waals surface area contributed by atoms with Crippen LogP contribution in [-0.2, 0) is 13.5 Å². The number of hydrogen-bond donors (Lipinski definition) is 2. The van der Waals surface area contributed by atoms with Gasteiger partial charge >= 0.3 is 0 Å². The Bertz CT molecular complexity index is 568. The quantitative estimate of drug-likeness (QED) is 0.636. The first-order chi connectivity index (χ1) is 8.64. The zero-order valence-corrected chi connectivity index (χ0v) is 11.0. The second kappa shape index (κ2) is 4.07. The standard InChI is InChI=1S/C14H20N4/c1-14(7-8-14)13(16-15)9-11-10-5-3-4-6-12(10)18(2)17-11/h3-6,13,16H,7-9,15H2,1-2H3. The number of aryl methyl sites for hydroxylation is 1. The number of hydrazine groups is 1. The molecule has 1 aromatic carbocycles. The van der Waals surface area contributed by atoms with E-state index in [9.17, 15) is 0 Å². The maximum absolute atomic E-state index is 5.71. The van der Waals surface area contributed by atoms with Gasteiger partial charge in [0.2, 0.25) is 0 Å². The fourth-order valence-electron chi connectivity index (χ4n) is 2.68. The Hall–Kier alpha value is -1.39. The fourth-order valence-corrected chi connectivity index (χ4v) is 2.68. The Balaban J connectivity index is 1.95. The highest BCUT2D eigenvalue weighted by atomic mass is 15.3. The van der Waals surface area contributed by atoms with E-state index in [1.165, 1.54) is 23.7 Å². The summed E-state index contributed by atoms with van der Waals surface area (Å²) in [6.07, 6.45) is 3.41. The number of nitrogens with two attached hydrogens (primary N) is 1. The molecule has 96 valence electrons. The molecule has 3 rings (SSSR count). The van der Waals surface area contributed by atoms with Crippen molar-refractivity contribution in [3.05, 3.63) is 30.0 Å². The highest BCUT2D eigenvalue weighted by molar-refractivity contribution is 5.81. The summed E-state index contributed by atoms with van der Waals surface area (Å²) in [7, 11) is 2.00. The number of para-hydroxylation sites is 1. The lowest BCUT2D eigenvalue weighted by molar-refractivity contribution is 0.357. The van der Waals surface area contributed by atoms with Gasteiger partial charge in [0, 0.05) is 24.9 Å². The summed E-state index contributed by atoms with van der Waals surface area (Å²) < 4.78 is 1.95. The third-order valence-corrected chi connectivity index (χ3v) is 4.31. The van der Waals surface area contributed by atoms with Crippen LogP contribution >= 0.6 is 0 Å². The molecule has 3 N–H and O–H groups in total. The van der Waals surface area contributed by atoms with Crippen molar-refractivity contribution in [1.29, 1.82) is 0 Å². The Labute approximate surface area is 107 Å². The van der Waals surface area contributed by atoms with Crippen molar-refractivity contribution in [2.75, 3.05) is 0 Å². The van der Waals surface area contributed by atoms with Crippen molar-refractivity contribution in [2.45, 2.75) is 32.2 Å². The molecular formula is C14H20N4. The van der Waals surface area contributed by atoms with Crippen molar-refractivity contribution in [3.63, 3.8) is 0 Å². The van der Waals surface area contributed by atoms with Gasteiger partial charge in [-0.1, -0.05) is 25.1 Å². The first kappa shape index (κ1) is 11.7. The van der Waals surface area contributed by atoms with E-state index in [-0.39, 0.29) is 0 Å². The number of fused-ring (bicyclic) bond motifs is 1. The molecule has 0 radical (unpaired) electrons. The van der Waals surface area contributed by atoms with Gasteiger partial charge in [-0.15, -0.1) is 0 Å². The van der Waals surface area contributed by atoms with Gasteiger partial charge in [-0.3, -0.25) is 16.0 Å². The molecule has 4 nitrogen and oxygen atoms in total. The Morgan fingerprint density at radius 3 is 2.83 bits per heavy atom. The van der Waals surface area contributed by atoms with Gasteiger partial charge in [0.1, 0.15) is 0 Å². The minimum atomic E-state index is 0.316. The van der Waals surface area contributed by atoms with E-state index >= 15 is 0 Å². The summed E-state index contributed by atoms with van der Waals surface area (Å²) in [6.45, 7) is 2.29. The van der Waals surface area contributed by atoms with Crippen molar-refractivity contribution in [2.24, 2.45) is 18.3 Å². The summed E-state index contributed by atoms with van der Waals surface area (Å²) in [5.41, 5.74) is 5.66. The van der Waals surface area contributed by atoms with Gasteiger partial charge in [-0.2, -0.15) is 5.10 Å². The zero-order valence-electron chi connectivity index (χ0n) is 11.0. The van der Waals surface area contributed by atoms with E-state index in [1.54, 1.807) is 0 Å². The van der Waals surface area contributed by atoms with Crippen LogP contribution in [-0.4, -0.2) is 15.8 Å². The van der Waals surface area contributed by atoms with Crippen LogP contribution in [0, 0.1) is 5.41 Å². The average molecular weight is 244 g/mol. The monoisotopic (exact) mass is 244 g/mol. The summed E-state index contributed by atoms with van der Waals surface area (Å²) >= 11 is 0. The lowest BCUT2D eigenvalue weighted by Gasteiger charge is -2.21. The van der Waals surface area contributed by atoms with E-state index in [2.05, 4.69) is 41.7 Å². The van der Waals surface area contributed by atoms with Gasteiger partial charge in [-0.05, 0) is 24.3 Å². The molecule has 4 heteroatoms. The number of nitrogens with zero attached hydrogens (tertiary/aromatic N) is 2. The van der Waals surface area contributed by atoms with E-state index in [0.717, 1.165) is 12.1 Å². The molecule has 1 aromatic heterocycles. The molecule has 0 aliphatic heterocycles. The average Bonchev–Trinajstić information content (AvgIpc) is 3.05. The minimum Gasteiger partial charge on any atom is -0.271 e. The molecule has 0 spiro atoms. The Kier molecular flexibility index (Phi) is 2.64. The molecule has 1 heterocycles. The topological polar surface area (TPSA) is 55.9 Å². The SMILES string of the molecule is Cn1nc(CC(NN)C2(C)CC2)c2ccccc21. The molecule has 1 aliphatic carbocycles. The van der Waals surface area contributed by atoms with Crippen LogP contribution in [0.5, 0.6) is 0 Å². The summed E-state index contributed by atoms with van der Waals surface area (Å²) in [4.78, 5) is 0. The van der Waals surface area contributed by atoms with Crippen LogP contribution < -0.4 is 11.3 Å². The summed E-state index contributed by atoms with van der Waals surface area (Å²) in [6, 6.07) is 8.68. The zero-order chi connectivity index (χ0) is 12.8. The van der Waals surface area contributed by atoms with E-state index in [4.69, 9.17) is 5.84 Å². The summed E-state index contributed by atoms with van der Waals surface area (Å²) in [5, 5.41) is 5.88. The molecule has 1 aliphatic rings. The van der Waals surface area contributed by atoms with Gasteiger partial charge in [0.05, 0.1) is 11.2 Å². The number of hydrogen-bond acceptors (Lipinski definition) is 3. The third kappa shape index (κ3) is 1.82. The second-order valence-electron chi connectivity index (χ2n) is 5.66. The van der Waals surface area contributed by atoms with Crippen LogP contribution in [0.25, 0.3) is 10.9 Å². The minimum absolute atomic E-state index is 0.316. The number of nitrogens with one attached hydrogen (secondary N) is 1. The van der Waals surface area contributed by atoms with Crippen LogP contribution in [0.2, 0.25) is 0 Å². The highest BCUT2D eigenvalue weighted by Crippen LogP contribution is 2.48. The van der Waals surface area contributed by atoms with E-state index in [1.807, 2.05) is 11.7 Å². The molecule has 0 amide bonds. The van der Waals surface area contributed by atoms with E-state index in [0.29, 0.717) is 11.5 Å². The van der Waals surface area contributed by atoms with Crippen molar-refractivity contribution in [1.82, 2.24) is 15.2 Å². The van der Waals surface area contributed by atoms with Crippen LogP contribution in [0.1, 0.15) is 25.5 Å². The number of aromatic nitrogens is 2. The number of benzene rings is 1. The normalized spacial score (nSPS) is 19.1. The van der Waals surface area contributed by atoms with Crippen molar-refractivity contribution >= 4 is 10.9 Å². The Morgan fingerprint density at radius 2 is 2.17 bits per heavy atom. The molecule has 0 saturated heterocycles.